The monoisotopic (exact) mass is 224 g/mol. The van der Waals surface area contributed by atoms with Crippen LogP contribution in [0.5, 0.6) is 0 Å². The molecule has 0 heterocycles. The summed E-state index contributed by atoms with van der Waals surface area (Å²) in [5.41, 5.74) is 0. The van der Waals surface area contributed by atoms with E-state index in [1.807, 2.05) is 0 Å². The Hall–Kier alpha value is -0.924. The first-order valence-electron chi connectivity index (χ1n) is 4.40. The van der Waals surface area contributed by atoms with Gasteiger partial charge in [-0.15, -0.1) is 0 Å². The molecule has 0 aliphatic heterocycles. The molecule has 2 aromatic rings. The first-order chi connectivity index (χ1) is 6.45. The molecule has 0 amide bonds. The van der Waals surface area contributed by atoms with E-state index in [2.05, 4.69) is 60.7 Å². The third-order valence-corrected chi connectivity index (χ3v) is 4.95. The van der Waals surface area contributed by atoms with Crippen molar-refractivity contribution in [3.8, 4) is 0 Å². The van der Waals surface area contributed by atoms with E-state index in [4.69, 9.17) is 0 Å². The third kappa shape index (κ3) is 2.51. The van der Waals surface area contributed by atoms with E-state index < -0.39 is 17.4 Å². The van der Waals surface area contributed by atoms with Crippen molar-refractivity contribution in [3.05, 3.63) is 60.7 Å². The summed E-state index contributed by atoms with van der Waals surface area (Å²) in [5.74, 6) is 0. The standard InChI is InChI=1S/2C6H5.Ga.H/c2*1-2-4-6-5-3-1;;/h2*1-5H;;/q;;+1;-1. The predicted molar refractivity (Wildman–Crippen MR) is 59.0 cm³/mol. The molecular weight excluding hydrogens is 214 g/mol. The van der Waals surface area contributed by atoms with Gasteiger partial charge in [-0.25, -0.2) is 0 Å². The molecule has 2 aromatic carbocycles. The van der Waals surface area contributed by atoms with Gasteiger partial charge in [-0.05, 0) is 0 Å². The molecule has 0 N–H and O–H groups in total. The van der Waals surface area contributed by atoms with Crippen LogP contribution in [0.1, 0.15) is 1.43 Å². The molecule has 0 nitrogen and oxygen atoms in total. The van der Waals surface area contributed by atoms with Crippen molar-refractivity contribution in [1.82, 2.24) is 0 Å². The van der Waals surface area contributed by atoms with E-state index >= 15 is 0 Å². The molecule has 0 aliphatic carbocycles. The maximum absolute atomic E-state index is 2.23. The summed E-state index contributed by atoms with van der Waals surface area (Å²) < 4.78 is 3.05. The first-order valence-corrected chi connectivity index (χ1v) is 6.82. The van der Waals surface area contributed by atoms with Gasteiger partial charge in [0, 0.05) is 0 Å². The fraction of sp³-hybridized carbons (Fsp3) is 0. The maximum atomic E-state index is 2.23. The number of rotatable bonds is 2. The van der Waals surface area contributed by atoms with Gasteiger partial charge in [-0.1, -0.05) is 0 Å². The van der Waals surface area contributed by atoms with E-state index in [0.29, 0.717) is 0 Å². The normalized spacial score (nSPS) is 9.23. The fourth-order valence-electron chi connectivity index (χ4n) is 1.29. The van der Waals surface area contributed by atoms with Gasteiger partial charge in [-0.3, -0.25) is 0 Å². The van der Waals surface area contributed by atoms with Gasteiger partial charge in [0.15, 0.2) is 0 Å². The molecule has 1 heteroatoms. The predicted octanol–water partition coefficient (Wildman–Crippen LogP) is 1.45. The zero-order valence-corrected chi connectivity index (χ0v) is 9.77. The van der Waals surface area contributed by atoms with E-state index in [1.165, 1.54) is 8.24 Å². The van der Waals surface area contributed by atoms with Crippen molar-refractivity contribution in [2.24, 2.45) is 0 Å². The van der Waals surface area contributed by atoms with Gasteiger partial charge in [0.2, 0.25) is 0 Å². The Balaban J connectivity index is 0.000000980. The van der Waals surface area contributed by atoms with Crippen molar-refractivity contribution in [1.29, 1.82) is 0 Å². The van der Waals surface area contributed by atoms with Gasteiger partial charge < -0.3 is 1.43 Å². The molecule has 0 bridgehead atoms. The fourth-order valence-corrected chi connectivity index (χ4v) is 3.84. The summed E-state index contributed by atoms with van der Waals surface area (Å²) in [4.78, 5) is 0. The van der Waals surface area contributed by atoms with Crippen LogP contribution in [0.15, 0.2) is 60.7 Å². The summed E-state index contributed by atoms with van der Waals surface area (Å²) in [7, 11) is 0. The van der Waals surface area contributed by atoms with Crippen molar-refractivity contribution in [2.45, 2.75) is 0 Å². The second-order valence-corrected chi connectivity index (χ2v) is 6.37. The Bertz CT molecular complexity index is 321. The number of hydrogen-bond donors (Lipinski definition) is 0. The number of hydrogen-bond acceptors (Lipinski definition) is 0. The van der Waals surface area contributed by atoms with Crippen LogP contribution in [-0.2, 0) is 0 Å². The molecule has 2 rings (SSSR count). The molecule has 0 spiro atoms. The van der Waals surface area contributed by atoms with Gasteiger partial charge >= 0.3 is 86.3 Å². The Morgan fingerprint density at radius 3 is 1.38 bits per heavy atom. The van der Waals surface area contributed by atoms with Gasteiger partial charge in [-0.2, -0.15) is 0 Å². The molecule has 0 atom stereocenters. The van der Waals surface area contributed by atoms with Crippen LogP contribution in [0.3, 0.4) is 0 Å². The Labute approximate surface area is 87.9 Å². The van der Waals surface area contributed by atoms with Crippen LogP contribution in [0.4, 0.5) is 0 Å². The summed E-state index contributed by atoms with van der Waals surface area (Å²) in [6.07, 6.45) is 0. The summed E-state index contributed by atoms with van der Waals surface area (Å²) in [6.45, 7) is 0. The zero-order valence-electron chi connectivity index (χ0n) is 8.35. The van der Waals surface area contributed by atoms with E-state index in [0.717, 1.165) is 0 Å². The molecule has 0 fully saturated rings. The molecule has 0 radical (unpaired) electrons. The Kier molecular flexibility index (Phi) is 2.90. The molecule has 0 aromatic heterocycles. The van der Waals surface area contributed by atoms with E-state index in [9.17, 15) is 0 Å². The molecule has 0 saturated carbocycles. The molecule has 0 aliphatic rings. The van der Waals surface area contributed by atoms with Crippen molar-refractivity contribution in [2.75, 3.05) is 0 Å². The second-order valence-electron chi connectivity index (χ2n) is 2.97. The SMILES string of the molecule is [H-].c1cc[c]([Ga+][c]2ccccc2)cc1. The van der Waals surface area contributed by atoms with Crippen LogP contribution in [0.2, 0.25) is 0 Å². The molecule has 0 saturated heterocycles. The molecular formula is C12H11Ga. The Morgan fingerprint density at radius 1 is 0.615 bits per heavy atom. The summed E-state index contributed by atoms with van der Waals surface area (Å²) in [6, 6.07) is 21.5. The van der Waals surface area contributed by atoms with Gasteiger partial charge in [0.25, 0.3) is 0 Å². The zero-order chi connectivity index (χ0) is 8.93. The van der Waals surface area contributed by atoms with Crippen molar-refractivity contribution < 1.29 is 1.43 Å². The minimum absolute atomic E-state index is 0. The summed E-state index contributed by atoms with van der Waals surface area (Å²) in [5, 5.41) is 0. The van der Waals surface area contributed by atoms with Crippen LogP contribution in [-0.4, -0.2) is 17.4 Å². The van der Waals surface area contributed by atoms with Gasteiger partial charge in [0.05, 0.1) is 0 Å². The third-order valence-electron chi connectivity index (χ3n) is 1.93. The molecule has 13 heavy (non-hydrogen) atoms. The van der Waals surface area contributed by atoms with E-state index in [-0.39, 0.29) is 1.43 Å². The topological polar surface area (TPSA) is 0 Å². The minimum atomic E-state index is -0.392. The van der Waals surface area contributed by atoms with Crippen LogP contribution in [0.25, 0.3) is 0 Å². The average Bonchev–Trinajstić information content (AvgIpc) is 2.21. The summed E-state index contributed by atoms with van der Waals surface area (Å²) >= 11 is -0.392. The first kappa shape index (κ1) is 8.66. The number of benzene rings is 2. The van der Waals surface area contributed by atoms with Crippen molar-refractivity contribution in [3.63, 3.8) is 0 Å². The van der Waals surface area contributed by atoms with Crippen molar-refractivity contribution >= 4 is 25.6 Å². The quantitative estimate of drug-likeness (QED) is 0.678. The van der Waals surface area contributed by atoms with Crippen LogP contribution < -0.4 is 8.24 Å². The van der Waals surface area contributed by atoms with Gasteiger partial charge in [0.1, 0.15) is 0 Å². The second kappa shape index (κ2) is 4.35. The molecule has 62 valence electrons. The van der Waals surface area contributed by atoms with Crippen LogP contribution >= 0.6 is 0 Å². The van der Waals surface area contributed by atoms with E-state index in [1.54, 1.807) is 0 Å². The Morgan fingerprint density at radius 2 is 1.00 bits per heavy atom. The van der Waals surface area contributed by atoms with Crippen LogP contribution in [0, 0.1) is 0 Å². The average molecular weight is 225 g/mol. The molecule has 0 unspecified atom stereocenters.